The number of hydrogen-bond donors (Lipinski definition) is 1. The van der Waals surface area contributed by atoms with E-state index < -0.39 is 5.24 Å². The van der Waals surface area contributed by atoms with Crippen LogP contribution >= 0.6 is 11.6 Å². The van der Waals surface area contributed by atoms with Crippen molar-refractivity contribution in [3.05, 3.63) is 42.1 Å². The topological polar surface area (TPSA) is 42.1 Å². The number of benzene rings is 1. The van der Waals surface area contributed by atoms with E-state index in [1.165, 1.54) is 0 Å². The number of carbonyl (C=O) groups is 1. The molecule has 0 fully saturated rings. The van der Waals surface area contributed by atoms with Crippen LogP contribution < -0.4 is 4.74 Å². The molecule has 0 aliphatic heterocycles. The molecule has 0 bridgehead atoms. The number of para-hydroxylation sites is 1. The first-order valence-electron chi connectivity index (χ1n) is 4.74. The van der Waals surface area contributed by atoms with Crippen molar-refractivity contribution in [1.29, 1.82) is 0 Å². The van der Waals surface area contributed by atoms with E-state index in [9.17, 15) is 4.79 Å². The van der Waals surface area contributed by atoms with Gasteiger partial charge in [0.05, 0.1) is 12.8 Å². The Morgan fingerprint density at radius 3 is 2.62 bits per heavy atom. The second-order valence-corrected chi connectivity index (χ2v) is 3.60. The molecule has 3 nitrogen and oxygen atoms in total. The number of hydrogen-bond acceptors (Lipinski definition) is 2. The van der Waals surface area contributed by atoms with E-state index in [2.05, 4.69) is 4.98 Å². The fraction of sp³-hybridized carbons (Fsp3) is 0.0833. The Morgan fingerprint density at radius 1 is 1.25 bits per heavy atom. The number of aromatic amines is 1. The molecular weight excluding hydrogens is 226 g/mol. The van der Waals surface area contributed by atoms with Gasteiger partial charge in [-0.25, -0.2) is 0 Å². The van der Waals surface area contributed by atoms with Gasteiger partial charge in [0.15, 0.2) is 0 Å². The summed E-state index contributed by atoms with van der Waals surface area (Å²) in [6, 6.07) is 11.0. The van der Waals surface area contributed by atoms with Crippen molar-refractivity contribution in [3.63, 3.8) is 0 Å². The van der Waals surface area contributed by atoms with E-state index in [0.29, 0.717) is 5.69 Å². The highest BCUT2D eigenvalue weighted by Crippen LogP contribution is 2.28. The Hall–Kier alpha value is -1.74. The van der Waals surface area contributed by atoms with Gasteiger partial charge in [-0.2, -0.15) is 0 Å². The molecule has 0 spiro atoms. The molecule has 0 saturated heterocycles. The van der Waals surface area contributed by atoms with Crippen LogP contribution in [-0.2, 0) is 0 Å². The summed E-state index contributed by atoms with van der Waals surface area (Å²) >= 11 is 5.38. The van der Waals surface area contributed by atoms with Crippen LogP contribution in [0.5, 0.6) is 5.75 Å². The zero-order valence-corrected chi connectivity index (χ0v) is 9.41. The first-order valence-corrected chi connectivity index (χ1v) is 5.12. The predicted molar refractivity (Wildman–Crippen MR) is 63.0 cm³/mol. The SMILES string of the molecule is COc1ccccc1-c1ccc(C(=O)Cl)[nH]1. The number of ether oxygens (including phenoxy) is 1. The molecule has 0 aliphatic rings. The largest absolute Gasteiger partial charge is 0.496 e. The van der Waals surface area contributed by atoms with E-state index in [0.717, 1.165) is 17.0 Å². The average molecular weight is 236 g/mol. The monoisotopic (exact) mass is 235 g/mol. The van der Waals surface area contributed by atoms with Crippen molar-refractivity contribution >= 4 is 16.8 Å². The molecule has 4 heteroatoms. The van der Waals surface area contributed by atoms with E-state index in [1.54, 1.807) is 19.2 Å². The lowest BCUT2D eigenvalue weighted by molar-refractivity contribution is 0.107. The van der Waals surface area contributed by atoms with Crippen molar-refractivity contribution in [2.24, 2.45) is 0 Å². The molecule has 0 unspecified atom stereocenters. The van der Waals surface area contributed by atoms with Crippen LogP contribution in [-0.4, -0.2) is 17.3 Å². The molecule has 16 heavy (non-hydrogen) atoms. The number of carbonyl (C=O) groups excluding carboxylic acids is 1. The highest BCUT2D eigenvalue weighted by atomic mass is 35.5. The van der Waals surface area contributed by atoms with Gasteiger partial charge >= 0.3 is 0 Å². The quantitative estimate of drug-likeness (QED) is 0.831. The summed E-state index contributed by atoms with van der Waals surface area (Å²) in [4.78, 5) is 13.9. The Morgan fingerprint density at radius 2 is 2.00 bits per heavy atom. The molecule has 2 rings (SSSR count). The van der Waals surface area contributed by atoms with Gasteiger partial charge in [-0.05, 0) is 35.9 Å². The maximum absolute atomic E-state index is 10.9. The molecule has 0 radical (unpaired) electrons. The van der Waals surface area contributed by atoms with Crippen molar-refractivity contribution < 1.29 is 9.53 Å². The lowest BCUT2D eigenvalue weighted by atomic mass is 10.1. The second-order valence-electron chi connectivity index (χ2n) is 3.26. The molecule has 1 aromatic heterocycles. The summed E-state index contributed by atoms with van der Waals surface area (Å²) in [5.74, 6) is 0.748. The summed E-state index contributed by atoms with van der Waals surface area (Å²) < 4.78 is 5.23. The molecular formula is C12H10ClNO2. The summed E-state index contributed by atoms with van der Waals surface area (Å²) in [5.41, 5.74) is 2.08. The van der Waals surface area contributed by atoms with Crippen molar-refractivity contribution in [3.8, 4) is 17.0 Å². The lowest BCUT2D eigenvalue weighted by Crippen LogP contribution is -1.90. The van der Waals surface area contributed by atoms with Gasteiger partial charge in [0.1, 0.15) is 5.75 Å². The van der Waals surface area contributed by atoms with Crippen molar-refractivity contribution in [1.82, 2.24) is 4.98 Å². The summed E-state index contributed by atoms with van der Waals surface area (Å²) in [7, 11) is 1.61. The third-order valence-corrected chi connectivity index (χ3v) is 2.50. The van der Waals surface area contributed by atoms with Gasteiger partial charge in [0, 0.05) is 11.3 Å². The lowest BCUT2D eigenvalue weighted by Gasteiger charge is -2.05. The van der Waals surface area contributed by atoms with Crippen molar-refractivity contribution in [2.75, 3.05) is 7.11 Å². The van der Waals surface area contributed by atoms with E-state index in [4.69, 9.17) is 16.3 Å². The first kappa shape index (κ1) is 10.8. The van der Waals surface area contributed by atoms with Gasteiger partial charge in [-0.1, -0.05) is 12.1 Å². The number of methoxy groups -OCH3 is 1. The summed E-state index contributed by atoms with van der Waals surface area (Å²) in [6.07, 6.45) is 0. The number of halogens is 1. The van der Waals surface area contributed by atoms with Crippen molar-refractivity contribution in [2.45, 2.75) is 0 Å². The fourth-order valence-corrected chi connectivity index (χ4v) is 1.64. The molecule has 0 atom stereocenters. The Labute approximate surface area is 98.0 Å². The first-order chi connectivity index (χ1) is 7.72. The number of rotatable bonds is 3. The molecule has 0 saturated carbocycles. The van der Waals surface area contributed by atoms with Gasteiger partial charge in [0.2, 0.25) is 0 Å². The van der Waals surface area contributed by atoms with Gasteiger partial charge in [0.25, 0.3) is 5.24 Å². The van der Waals surface area contributed by atoms with Crippen LogP contribution in [0.4, 0.5) is 0 Å². The molecule has 1 N–H and O–H groups in total. The summed E-state index contributed by atoms with van der Waals surface area (Å²) in [5, 5.41) is -0.499. The van der Waals surface area contributed by atoms with E-state index in [1.807, 2.05) is 24.3 Å². The maximum atomic E-state index is 10.9. The minimum absolute atomic E-state index is 0.377. The number of aromatic nitrogens is 1. The predicted octanol–water partition coefficient (Wildman–Crippen LogP) is 3.07. The Balaban J connectivity index is 2.46. The average Bonchev–Trinajstić information content (AvgIpc) is 2.78. The van der Waals surface area contributed by atoms with Gasteiger partial charge in [-0.15, -0.1) is 0 Å². The third kappa shape index (κ3) is 1.95. The molecule has 82 valence electrons. The normalized spacial score (nSPS) is 10.1. The molecule has 1 aromatic carbocycles. The van der Waals surface area contributed by atoms with Gasteiger partial charge in [-0.3, -0.25) is 4.79 Å². The highest BCUT2D eigenvalue weighted by Gasteiger charge is 2.09. The maximum Gasteiger partial charge on any atom is 0.268 e. The molecule has 2 aromatic rings. The standard InChI is InChI=1S/C12H10ClNO2/c1-16-11-5-3-2-4-8(11)9-6-7-10(14-9)12(13)15/h2-7,14H,1H3. The minimum Gasteiger partial charge on any atom is -0.496 e. The van der Waals surface area contributed by atoms with Crippen LogP contribution in [0.1, 0.15) is 10.5 Å². The van der Waals surface area contributed by atoms with Crippen LogP contribution in [0.25, 0.3) is 11.3 Å². The highest BCUT2D eigenvalue weighted by molar-refractivity contribution is 6.67. The molecule has 0 aliphatic carbocycles. The van der Waals surface area contributed by atoms with E-state index >= 15 is 0 Å². The minimum atomic E-state index is -0.499. The molecule has 1 heterocycles. The zero-order valence-electron chi connectivity index (χ0n) is 8.66. The smallest absolute Gasteiger partial charge is 0.268 e. The second kappa shape index (κ2) is 4.41. The fourth-order valence-electron chi connectivity index (χ4n) is 1.53. The van der Waals surface area contributed by atoms with E-state index in [-0.39, 0.29) is 0 Å². The number of H-pyrrole nitrogens is 1. The summed E-state index contributed by atoms with van der Waals surface area (Å²) in [6.45, 7) is 0. The van der Waals surface area contributed by atoms with Crippen LogP contribution in [0.2, 0.25) is 0 Å². The Kier molecular flexibility index (Phi) is 2.97. The number of nitrogens with one attached hydrogen (secondary N) is 1. The van der Waals surface area contributed by atoms with Crippen LogP contribution in [0.15, 0.2) is 36.4 Å². The van der Waals surface area contributed by atoms with Crippen LogP contribution in [0, 0.1) is 0 Å². The molecule has 0 amide bonds. The van der Waals surface area contributed by atoms with Gasteiger partial charge < -0.3 is 9.72 Å². The third-order valence-electron chi connectivity index (χ3n) is 2.29. The zero-order chi connectivity index (χ0) is 11.5. The Bertz CT molecular complexity index is 519. The van der Waals surface area contributed by atoms with Crippen LogP contribution in [0.3, 0.4) is 0 Å².